The van der Waals surface area contributed by atoms with Crippen molar-refractivity contribution in [3.05, 3.63) is 59.1 Å². The van der Waals surface area contributed by atoms with Crippen molar-refractivity contribution in [2.24, 2.45) is 11.8 Å². The number of para-hydroxylation sites is 2. The Morgan fingerprint density at radius 3 is 2.58 bits per heavy atom. The number of amides is 3. The summed E-state index contributed by atoms with van der Waals surface area (Å²) >= 11 is 6.37. The van der Waals surface area contributed by atoms with E-state index in [-0.39, 0.29) is 18.4 Å². The number of likely N-dealkylation sites (tertiary alicyclic amines) is 1. The first kappa shape index (κ1) is 24.7. The number of halogens is 1. The molecule has 36 heavy (non-hydrogen) atoms. The lowest BCUT2D eigenvalue weighted by molar-refractivity contribution is -0.143. The van der Waals surface area contributed by atoms with E-state index in [1.54, 1.807) is 24.3 Å². The van der Waals surface area contributed by atoms with Gasteiger partial charge in [-0.25, -0.2) is 0 Å². The molecular formula is C27H30ClN3O5. The number of anilines is 2. The molecule has 6 atom stereocenters. The van der Waals surface area contributed by atoms with Crippen LogP contribution >= 0.6 is 11.6 Å². The fourth-order valence-electron chi connectivity index (χ4n) is 6.23. The third-order valence-corrected chi connectivity index (χ3v) is 8.19. The Morgan fingerprint density at radius 1 is 1.17 bits per heavy atom. The molecule has 3 saturated heterocycles. The van der Waals surface area contributed by atoms with E-state index < -0.39 is 41.5 Å². The van der Waals surface area contributed by atoms with E-state index in [2.05, 4.69) is 10.6 Å². The van der Waals surface area contributed by atoms with Crippen molar-refractivity contribution < 1.29 is 24.2 Å². The zero-order valence-electron chi connectivity index (χ0n) is 20.2. The minimum absolute atomic E-state index is 0.300. The fourth-order valence-corrected chi connectivity index (χ4v) is 6.50. The Kier molecular flexibility index (Phi) is 6.53. The number of aryl methyl sites for hydroxylation is 1. The number of hydrogen-bond acceptors (Lipinski definition) is 5. The molecule has 0 radical (unpaired) electrons. The topological polar surface area (TPSA) is 108 Å². The Morgan fingerprint density at radius 2 is 1.92 bits per heavy atom. The van der Waals surface area contributed by atoms with Crippen LogP contribution in [0.15, 0.2) is 48.5 Å². The molecule has 2 unspecified atom stereocenters. The second-order valence-corrected chi connectivity index (χ2v) is 10.2. The van der Waals surface area contributed by atoms with E-state index in [0.29, 0.717) is 35.7 Å². The molecule has 2 bridgehead atoms. The maximum Gasteiger partial charge on any atom is 0.250 e. The molecule has 0 saturated carbocycles. The van der Waals surface area contributed by atoms with E-state index in [1.165, 1.54) is 4.90 Å². The van der Waals surface area contributed by atoms with Gasteiger partial charge in [0.05, 0.1) is 41.3 Å². The Balaban J connectivity index is 1.52. The van der Waals surface area contributed by atoms with Crippen LogP contribution in [0.4, 0.5) is 11.4 Å². The van der Waals surface area contributed by atoms with Crippen LogP contribution in [0.1, 0.15) is 31.7 Å². The molecule has 0 aliphatic carbocycles. The van der Waals surface area contributed by atoms with Gasteiger partial charge in [-0.05, 0) is 49.9 Å². The zero-order chi connectivity index (χ0) is 25.6. The first-order valence-electron chi connectivity index (χ1n) is 12.3. The number of nitrogens with one attached hydrogen (secondary N) is 2. The SMILES string of the molecule is CC[C@@H](CO)N1C(=O)[C@@H]2[C@H](C(=O)Nc3ccccc3)[C@@H]3CCC2(O3)C1C(=O)Nc1c(C)cccc1Cl. The molecule has 3 amide bonds. The number of hydrogen-bond donors (Lipinski definition) is 3. The minimum atomic E-state index is -1.15. The summed E-state index contributed by atoms with van der Waals surface area (Å²) in [7, 11) is 0. The molecule has 8 nitrogen and oxygen atoms in total. The number of carbonyl (C=O) groups excluding carboxylic acids is 3. The second kappa shape index (κ2) is 9.50. The fraction of sp³-hybridized carbons (Fsp3) is 0.444. The van der Waals surface area contributed by atoms with Gasteiger partial charge in [0.15, 0.2) is 0 Å². The Hall–Kier alpha value is -2.94. The number of nitrogens with zero attached hydrogens (tertiary/aromatic N) is 1. The van der Waals surface area contributed by atoms with Gasteiger partial charge in [-0.2, -0.15) is 0 Å². The molecular weight excluding hydrogens is 482 g/mol. The molecule has 1 spiro atoms. The summed E-state index contributed by atoms with van der Waals surface area (Å²) < 4.78 is 6.43. The molecule has 3 heterocycles. The second-order valence-electron chi connectivity index (χ2n) is 9.82. The van der Waals surface area contributed by atoms with E-state index in [9.17, 15) is 19.5 Å². The van der Waals surface area contributed by atoms with E-state index >= 15 is 0 Å². The van der Waals surface area contributed by atoms with Gasteiger partial charge in [-0.3, -0.25) is 14.4 Å². The number of rotatable bonds is 7. The molecule has 0 aromatic heterocycles. The summed E-state index contributed by atoms with van der Waals surface area (Å²) in [6.45, 7) is 3.39. The van der Waals surface area contributed by atoms with Crippen molar-refractivity contribution in [3.63, 3.8) is 0 Å². The molecule has 3 aliphatic heterocycles. The Bertz CT molecular complexity index is 1170. The van der Waals surface area contributed by atoms with Crippen molar-refractivity contribution in [1.82, 2.24) is 4.90 Å². The van der Waals surface area contributed by atoms with Gasteiger partial charge >= 0.3 is 0 Å². The lowest BCUT2D eigenvalue weighted by Crippen LogP contribution is -2.56. The molecule has 190 valence electrons. The molecule has 2 aromatic carbocycles. The predicted octanol–water partition coefficient (Wildman–Crippen LogP) is 3.37. The number of fused-ring (bicyclic) bond motifs is 1. The van der Waals surface area contributed by atoms with Crippen LogP contribution in [0.2, 0.25) is 5.02 Å². The van der Waals surface area contributed by atoms with Gasteiger partial charge in [-0.15, -0.1) is 0 Å². The Labute approximate surface area is 215 Å². The highest BCUT2D eigenvalue weighted by Crippen LogP contribution is 2.59. The van der Waals surface area contributed by atoms with E-state index in [0.717, 1.165) is 5.56 Å². The third kappa shape index (κ3) is 3.79. The van der Waals surface area contributed by atoms with Crippen LogP contribution in [0.25, 0.3) is 0 Å². The van der Waals surface area contributed by atoms with Gasteiger partial charge < -0.3 is 25.4 Å². The van der Waals surface area contributed by atoms with Crippen LogP contribution in [0.3, 0.4) is 0 Å². The highest BCUT2D eigenvalue weighted by atomic mass is 35.5. The quantitative estimate of drug-likeness (QED) is 0.528. The summed E-state index contributed by atoms with van der Waals surface area (Å²) in [5.74, 6) is -2.61. The van der Waals surface area contributed by atoms with Gasteiger partial charge in [0.1, 0.15) is 11.6 Å². The average Bonchev–Trinajstić information content (AvgIpc) is 3.51. The van der Waals surface area contributed by atoms with E-state index in [4.69, 9.17) is 16.3 Å². The average molecular weight is 512 g/mol. The van der Waals surface area contributed by atoms with Crippen molar-refractivity contribution in [1.29, 1.82) is 0 Å². The number of aliphatic hydroxyl groups is 1. The summed E-state index contributed by atoms with van der Waals surface area (Å²) in [4.78, 5) is 42.7. The summed E-state index contributed by atoms with van der Waals surface area (Å²) in [5, 5.41) is 16.3. The smallest absolute Gasteiger partial charge is 0.250 e. The van der Waals surface area contributed by atoms with Crippen molar-refractivity contribution in [2.45, 2.75) is 56.9 Å². The van der Waals surface area contributed by atoms with Gasteiger partial charge in [0.25, 0.3) is 0 Å². The molecule has 3 fully saturated rings. The van der Waals surface area contributed by atoms with Crippen molar-refractivity contribution in [3.8, 4) is 0 Å². The molecule has 3 aliphatic rings. The third-order valence-electron chi connectivity index (χ3n) is 7.88. The van der Waals surface area contributed by atoms with E-state index in [1.807, 2.05) is 38.1 Å². The van der Waals surface area contributed by atoms with Gasteiger partial charge in [0.2, 0.25) is 17.7 Å². The number of ether oxygens (including phenoxy) is 1. The minimum Gasteiger partial charge on any atom is -0.394 e. The maximum atomic E-state index is 13.9. The zero-order valence-corrected chi connectivity index (χ0v) is 21.0. The predicted molar refractivity (Wildman–Crippen MR) is 136 cm³/mol. The van der Waals surface area contributed by atoms with Gasteiger partial charge in [0, 0.05) is 5.69 Å². The lowest BCUT2D eigenvalue weighted by atomic mass is 9.70. The monoisotopic (exact) mass is 511 g/mol. The molecule has 5 rings (SSSR count). The van der Waals surface area contributed by atoms with Crippen molar-refractivity contribution in [2.75, 3.05) is 17.2 Å². The first-order chi connectivity index (χ1) is 17.3. The molecule has 2 aromatic rings. The van der Waals surface area contributed by atoms with Crippen LogP contribution in [-0.2, 0) is 19.1 Å². The number of benzene rings is 2. The molecule has 3 N–H and O–H groups in total. The molecule has 9 heteroatoms. The maximum absolute atomic E-state index is 13.9. The van der Waals surface area contributed by atoms with Crippen LogP contribution < -0.4 is 10.6 Å². The van der Waals surface area contributed by atoms with Crippen LogP contribution in [0, 0.1) is 18.8 Å². The number of carbonyl (C=O) groups is 3. The standard InChI is InChI=1S/C27H30ClN3O5/c1-3-17(14-32)31-23(25(34)30-22-15(2)8-7-11-18(22)28)27-13-12-19(36-27)20(21(27)26(31)35)24(33)29-16-9-5-4-6-10-16/h4-11,17,19-21,23,32H,3,12-14H2,1-2H3,(H,29,33)(H,30,34)/t17-,19-,20+,21-,23?,27?/m0/s1. The van der Waals surface area contributed by atoms with Crippen LogP contribution in [0.5, 0.6) is 0 Å². The largest absolute Gasteiger partial charge is 0.394 e. The summed E-state index contributed by atoms with van der Waals surface area (Å²) in [6, 6.07) is 12.8. The number of aliphatic hydroxyl groups excluding tert-OH is 1. The van der Waals surface area contributed by atoms with Crippen molar-refractivity contribution >= 4 is 40.7 Å². The lowest BCUT2D eigenvalue weighted by Gasteiger charge is -2.36. The normalized spacial score (nSPS) is 29.2. The first-order valence-corrected chi connectivity index (χ1v) is 12.7. The summed E-state index contributed by atoms with van der Waals surface area (Å²) in [5.41, 5.74) is 0.737. The summed E-state index contributed by atoms with van der Waals surface area (Å²) in [6.07, 6.45) is 1.03. The van der Waals surface area contributed by atoms with Gasteiger partial charge in [-0.1, -0.05) is 48.9 Å². The highest BCUT2D eigenvalue weighted by molar-refractivity contribution is 6.34. The highest BCUT2D eigenvalue weighted by Gasteiger charge is 2.75. The van der Waals surface area contributed by atoms with Crippen LogP contribution in [-0.4, -0.2) is 58.1 Å².